The van der Waals surface area contributed by atoms with Gasteiger partial charge in [0.25, 0.3) is 0 Å². The maximum absolute atomic E-state index is 5.41. The van der Waals surface area contributed by atoms with E-state index >= 15 is 0 Å². The van der Waals surface area contributed by atoms with Gasteiger partial charge in [0.15, 0.2) is 17.5 Å². The largest absolute Gasteiger partial charge is 0.454 e. The molecule has 2 aromatic rings. The summed E-state index contributed by atoms with van der Waals surface area (Å²) in [6, 6.07) is 10.6. The summed E-state index contributed by atoms with van der Waals surface area (Å²) in [4.78, 5) is 7.04. The lowest BCUT2D eigenvalue weighted by atomic mass is 10.2. The second kappa shape index (κ2) is 9.28. The van der Waals surface area contributed by atoms with Gasteiger partial charge in [-0.3, -0.25) is 4.99 Å². The average molecular weight is 473 g/mol. The first-order chi connectivity index (χ1) is 11.6. The predicted octanol–water partition coefficient (Wildman–Crippen LogP) is 3.70. The molecule has 1 unspecified atom stereocenters. The quantitative estimate of drug-likeness (QED) is 0.395. The van der Waals surface area contributed by atoms with Gasteiger partial charge in [-0.05, 0) is 43.7 Å². The molecule has 1 aliphatic rings. The zero-order valence-electron chi connectivity index (χ0n) is 14.7. The average Bonchev–Trinajstić information content (AvgIpc) is 3.19. The second-order valence-corrected chi connectivity index (χ2v) is 7.25. The molecule has 0 aliphatic carbocycles. The summed E-state index contributed by atoms with van der Waals surface area (Å²) in [5.74, 6) is 2.41. The maximum atomic E-state index is 5.41. The van der Waals surface area contributed by atoms with Crippen molar-refractivity contribution in [2.24, 2.45) is 4.99 Å². The van der Waals surface area contributed by atoms with Crippen LogP contribution in [-0.4, -0.2) is 25.8 Å². The third-order valence-electron chi connectivity index (χ3n) is 3.81. The van der Waals surface area contributed by atoms with Crippen LogP contribution in [0.1, 0.15) is 22.2 Å². The Morgan fingerprint density at radius 3 is 2.76 bits per heavy atom. The van der Waals surface area contributed by atoms with E-state index in [2.05, 4.69) is 41.6 Å². The lowest BCUT2D eigenvalue weighted by Crippen LogP contribution is -2.42. The van der Waals surface area contributed by atoms with E-state index in [1.807, 2.05) is 29.5 Å². The number of hydrogen-bond donors (Lipinski definition) is 2. The van der Waals surface area contributed by atoms with E-state index < -0.39 is 0 Å². The Morgan fingerprint density at radius 2 is 2.04 bits per heavy atom. The first kappa shape index (κ1) is 19.8. The molecule has 1 atom stereocenters. The molecule has 1 aromatic carbocycles. The molecule has 0 saturated carbocycles. The maximum Gasteiger partial charge on any atom is 0.231 e. The fraction of sp³-hybridized carbons (Fsp3) is 0.389. The van der Waals surface area contributed by atoms with Gasteiger partial charge in [-0.25, -0.2) is 0 Å². The van der Waals surface area contributed by atoms with Crippen LogP contribution in [0.3, 0.4) is 0 Å². The zero-order valence-corrected chi connectivity index (χ0v) is 17.8. The van der Waals surface area contributed by atoms with E-state index in [1.54, 1.807) is 7.05 Å². The molecule has 5 nitrogen and oxygen atoms in total. The van der Waals surface area contributed by atoms with Gasteiger partial charge in [0.1, 0.15) is 0 Å². The van der Waals surface area contributed by atoms with E-state index in [4.69, 9.17) is 9.47 Å². The lowest BCUT2D eigenvalue weighted by molar-refractivity contribution is 0.174. The van der Waals surface area contributed by atoms with Crippen molar-refractivity contribution in [3.05, 3.63) is 45.6 Å². The predicted molar refractivity (Wildman–Crippen MR) is 114 cm³/mol. The molecule has 136 valence electrons. The highest BCUT2D eigenvalue weighted by Gasteiger charge is 2.13. The van der Waals surface area contributed by atoms with E-state index in [9.17, 15) is 0 Å². The SMILES string of the molecule is CN=C(NCc1ccc2c(c1)OCO2)NC(C)Cc1ccc(C)s1.I. The number of nitrogens with one attached hydrogen (secondary N) is 2. The molecule has 0 saturated heterocycles. The Balaban J connectivity index is 0.00000225. The van der Waals surface area contributed by atoms with Crippen LogP contribution in [0.2, 0.25) is 0 Å². The van der Waals surface area contributed by atoms with Crippen molar-refractivity contribution in [1.29, 1.82) is 0 Å². The number of aliphatic imine (C=N–C) groups is 1. The van der Waals surface area contributed by atoms with Gasteiger partial charge in [0, 0.05) is 35.8 Å². The highest BCUT2D eigenvalue weighted by Crippen LogP contribution is 2.32. The zero-order chi connectivity index (χ0) is 16.9. The standard InChI is InChI=1S/C18H23N3O2S.HI/c1-12(8-15-6-4-13(2)24-15)21-18(19-3)20-10-14-5-7-16-17(9-14)23-11-22-16;/h4-7,9,12H,8,10-11H2,1-3H3,(H2,19,20,21);1H. The molecule has 2 heterocycles. The van der Waals surface area contributed by atoms with Crippen molar-refractivity contribution < 1.29 is 9.47 Å². The molecule has 0 radical (unpaired) electrons. The molecule has 0 bridgehead atoms. The van der Waals surface area contributed by atoms with Gasteiger partial charge in [-0.15, -0.1) is 35.3 Å². The van der Waals surface area contributed by atoms with Crippen LogP contribution in [-0.2, 0) is 13.0 Å². The van der Waals surface area contributed by atoms with Crippen molar-refractivity contribution in [3.8, 4) is 11.5 Å². The van der Waals surface area contributed by atoms with Gasteiger partial charge in [-0.1, -0.05) is 6.07 Å². The summed E-state index contributed by atoms with van der Waals surface area (Å²) in [6.45, 7) is 5.29. The van der Waals surface area contributed by atoms with Crippen molar-refractivity contribution >= 4 is 41.3 Å². The lowest BCUT2D eigenvalue weighted by Gasteiger charge is -2.17. The normalized spacial score (nSPS) is 14.0. The Hall–Kier alpha value is -1.48. The van der Waals surface area contributed by atoms with Gasteiger partial charge >= 0.3 is 0 Å². The minimum Gasteiger partial charge on any atom is -0.454 e. The number of hydrogen-bond acceptors (Lipinski definition) is 4. The van der Waals surface area contributed by atoms with E-state index in [1.165, 1.54) is 9.75 Å². The molecule has 0 fully saturated rings. The van der Waals surface area contributed by atoms with Crippen molar-refractivity contribution in [3.63, 3.8) is 0 Å². The molecule has 7 heteroatoms. The molecule has 3 rings (SSSR count). The van der Waals surface area contributed by atoms with Crippen molar-refractivity contribution in [2.75, 3.05) is 13.8 Å². The third-order valence-corrected chi connectivity index (χ3v) is 4.83. The number of aryl methyl sites for hydroxylation is 1. The Bertz CT molecular complexity index is 733. The molecule has 0 amide bonds. The summed E-state index contributed by atoms with van der Waals surface area (Å²) in [5, 5.41) is 6.78. The van der Waals surface area contributed by atoms with E-state index in [0.29, 0.717) is 19.4 Å². The fourth-order valence-corrected chi connectivity index (χ4v) is 3.63. The van der Waals surface area contributed by atoms with Gasteiger partial charge < -0.3 is 20.1 Å². The minimum absolute atomic E-state index is 0. The number of rotatable bonds is 5. The number of thiophene rings is 1. The van der Waals surface area contributed by atoms with E-state index in [0.717, 1.165) is 29.4 Å². The summed E-state index contributed by atoms with van der Waals surface area (Å²) >= 11 is 1.85. The van der Waals surface area contributed by atoms with Crippen LogP contribution in [0.4, 0.5) is 0 Å². The molecule has 1 aromatic heterocycles. The number of ether oxygens (including phenoxy) is 2. The summed E-state index contributed by atoms with van der Waals surface area (Å²) < 4.78 is 10.7. The minimum atomic E-state index is 0. The third kappa shape index (κ3) is 5.50. The van der Waals surface area contributed by atoms with Crippen molar-refractivity contribution in [2.45, 2.75) is 32.9 Å². The fourth-order valence-electron chi connectivity index (χ4n) is 2.61. The molecule has 1 aliphatic heterocycles. The molecular weight excluding hydrogens is 449 g/mol. The summed E-state index contributed by atoms with van der Waals surface area (Å²) in [6.07, 6.45) is 0.989. The number of guanidine groups is 1. The van der Waals surface area contributed by atoms with Crippen LogP contribution in [0.5, 0.6) is 11.5 Å². The number of fused-ring (bicyclic) bond motifs is 1. The molecule has 0 spiro atoms. The number of benzene rings is 1. The monoisotopic (exact) mass is 473 g/mol. The van der Waals surface area contributed by atoms with Crippen LogP contribution < -0.4 is 20.1 Å². The van der Waals surface area contributed by atoms with Crippen LogP contribution >= 0.6 is 35.3 Å². The van der Waals surface area contributed by atoms with Crippen molar-refractivity contribution in [1.82, 2.24) is 10.6 Å². The smallest absolute Gasteiger partial charge is 0.231 e. The molecule has 2 N–H and O–H groups in total. The van der Waals surface area contributed by atoms with Crippen LogP contribution in [0.15, 0.2) is 35.3 Å². The Labute approximate surface area is 169 Å². The summed E-state index contributed by atoms with van der Waals surface area (Å²) in [7, 11) is 1.79. The van der Waals surface area contributed by atoms with E-state index in [-0.39, 0.29) is 24.0 Å². The Morgan fingerprint density at radius 1 is 1.24 bits per heavy atom. The first-order valence-electron chi connectivity index (χ1n) is 8.05. The topological polar surface area (TPSA) is 54.9 Å². The van der Waals surface area contributed by atoms with Gasteiger partial charge in [0.2, 0.25) is 6.79 Å². The highest BCUT2D eigenvalue weighted by molar-refractivity contribution is 14.0. The second-order valence-electron chi connectivity index (χ2n) is 5.88. The highest BCUT2D eigenvalue weighted by atomic mass is 127. The molecular formula is C18H24IN3O2S. The number of nitrogens with zero attached hydrogens (tertiary/aromatic N) is 1. The van der Waals surface area contributed by atoms with Crippen LogP contribution in [0.25, 0.3) is 0 Å². The Kier molecular flexibility index (Phi) is 7.37. The van der Waals surface area contributed by atoms with Gasteiger partial charge in [-0.2, -0.15) is 0 Å². The summed E-state index contributed by atoms with van der Waals surface area (Å²) in [5.41, 5.74) is 1.13. The number of halogens is 1. The van der Waals surface area contributed by atoms with Crippen LogP contribution in [0, 0.1) is 6.92 Å². The van der Waals surface area contributed by atoms with Gasteiger partial charge in [0.05, 0.1) is 0 Å². The first-order valence-corrected chi connectivity index (χ1v) is 8.86. The molecule has 25 heavy (non-hydrogen) atoms.